The van der Waals surface area contributed by atoms with Gasteiger partial charge in [0.15, 0.2) is 0 Å². The van der Waals surface area contributed by atoms with Gasteiger partial charge in [-0.1, -0.05) is 0 Å². The number of pyridine rings is 2. The minimum Gasteiger partial charge on any atom is -0.495 e. The van der Waals surface area contributed by atoms with Gasteiger partial charge in [-0.3, -0.25) is 0 Å². The van der Waals surface area contributed by atoms with Crippen molar-refractivity contribution in [3.8, 4) is 11.5 Å². The maximum atomic E-state index is 5.72. The van der Waals surface area contributed by atoms with Crippen LogP contribution in [0.25, 0.3) is 0 Å². The molecule has 2 fully saturated rings. The number of hydrogen-bond donors (Lipinski definition) is 2. The Morgan fingerprint density at radius 1 is 0.619 bits per heavy atom. The van der Waals surface area contributed by atoms with E-state index in [2.05, 4.69) is 49.7 Å². The Labute approximate surface area is 244 Å². The molecule has 0 aromatic carbocycles. The van der Waals surface area contributed by atoms with E-state index in [0.29, 0.717) is 17.8 Å². The second kappa shape index (κ2) is 12.7. The zero-order valence-electron chi connectivity index (χ0n) is 24.5. The first kappa shape index (κ1) is 28.5. The molecule has 0 saturated carbocycles. The minimum atomic E-state index is 0.312. The molecule has 4 aromatic rings. The first-order chi connectivity index (χ1) is 20.3. The molecule has 0 amide bonds. The van der Waals surface area contributed by atoms with Crippen LogP contribution in [-0.2, 0) is 14.1 Å². The molecule has 2 aliphatic rings. The highest BCUT2D eigenvalue weighted by Gasteiger charge is 2.23. The fourth-order valence-electron chi connectivity index (χ4n) is 4.82. The minimum absolute atomic E-state index is 0.312. The number of anilines is 6. The molecule has 4 aromatic heterocycles. The maximum absolute atomic E-state index is 5.72. The van der Waals surface area contributed by atoms with Gasteiger partial charge in [0.2, 0.25) is 23.8 Å². The van der Waals surface area contributed by atoms with E-state index in [1.54, 1.807) is 43.0 Å². The summed E-state index contributed by atoms with van der Waals surface area (Å²) in [6.07, 6.45) is 3.48. The number of nitrogens with zero attached hydrogens (tertiary/aromatic N) is 12. The topological polar surface area (TPSA) is 171 Å². The number of ether oxygens (including phenoxy) is 2. The van der Waals surface area contributed by atoms with Crippen molar-refractivity contribution < 1.29 is 9.47 Å². The molecule has 0 aliphatic carbocycles. The molecular weight excluding hydrogens is 540 g/mol. The first-order valence-corrected chi connectivity index (χ1v) is 13.7. The lowest BCUT2D eigenvalue weighted by atomic mass is 10.3. The fourth-order valence-corrected chi connectivity index (χ4v) is 4.82. The smallest absolute Gasteiger partial charge is 0.246 e. The third-order valence-corrected chi connectivity index (χ3v) is 7.23. The number of aryl methyl sites for hydroxylation is 2. The van der Waals surface area contributed by atoms with Crippen LogP contribution < -0.4 is 40.5 Å². The van der Waals surface area contributed by atoms with Crippen LogP contribution >= 0.6 is 0 Å². The molecule has 16 heteroatoms. The summed E-state index contributed by atoms with van der Waals surface area (Å²) in [5.41, 5.74) is 11.4. The van der Waals surface area contributed by atoms with E-state index >= 15 is 0 Å². The molecule has 6 heterocycles. The van der Waals surface area contributed by atoms with Gasteiger partial charge in [0, 0.05) is 66.5 Å². The van der Waals surface area contributed by atoms with E-state index in [1.807, 2.05) is 31.3 Å². The average Bonchev–Trinajstić information content (AvgIpc) is 3.56. The number of nitrogen functional groups attached to an aromatic ring is 2. The Morgan fingerprint density at radius 3 is 1.50 bits per heavy atom. The van der Waals surface area contributed by atoms with E-state index in [1.165, 1.54) is 0 Å². The Morgan fingerprint density at radius 2 is 1.12 bits per heavy atom. The highest BCUT2D eigenvalue weighted by atomic mass is 16.5. The van der Waals surface area contributed by atoms with Crippen LogP contribution in [0.5, 0.6) is 11.5 Å². The highest BCUT2D eigenvalue weighted by molar-refractivity contribution is 5.46. The Bertz CT molecular complexity index is 1400. The average molecular weight is 579 g/mol. The largest absolute Gasteiger partial charge is 0.495 e. The summed E-state index contributed by atoms with van der Waals surface area (Å²) >= 11 is 0. The second-order valence-electron chi connectivity index (χ2n) is 9.85. The van der Waals surface area contributed by atoms with Crippen molar-refractivity contribution >= 4 is 35.4 Å². The van der Waals surface area contributed by atoms with Crippen LogP contribution in [0, 0.1) is 0 Å². The third kappa shape index (κ3) is 6.47. The van der Waals surface area contributed by atoms with Gasteiger partial charge in [0.25, 0.3) is 0 Å². The van der Waals surface area contributed by atoms with Gasteiger partial charge in [-0.05, 0) is 24.3 Å². The van der Waals surface area contributed by atoms with Crippen molar-refractivity contribution in [3.63, 3.8) is 0 Å². The monoisotopic (exact) mass is 578 g/mol. The SMILES string of the molecule is COc1ccc(N2CCN(c3nc(N)n(C)n3)CC2)nc1.COc1ccc(N2CCN(c3nc(N)nn3C)CC2)nc1. The van der Waals surface area contributed by atoms with Gasteiger partial charge in [-0.2, -0.15) is 9.97 Å². The lowest BCUT2D eigenvalue weighted by Gasteiger charge is -2.35. The van der Waals surface area contributed by atoms with Crippen LogP contribution in [-0.4, -0.2) is 106 Å². The van der Waals surface area contributed by atoms with Crippen LogP contribution in [0.4, 0.5) is 35.4 Å². The van der Waals surface area contributed by atoms with Crippen molar-refractivity contribution in [2.24, 2.45) is 14.1 Å². The second-order valence-corrected chi connectivity index (χ2v) is 9.85. The zero-order chi connectivity index (χ0) is 29.6. The molecule has 2 saturated heterocycles. The van der Waals surface area contributed by atoms with Crippen molar-refractivity contribution in [2.45, 2.75) is 0 Å². The molecule has 0 radical (unpaired) electrons. The van der Waals surface area contributed by atoms with Gasteiger partial charge in [-0.25, -0.2) is 19.3 Å². The van der Waals surface area contributed by atoms with Gasteiger partial charge in [0.05, 0.1) is 26.6 Å². The lowest BCUT2D eigenvalue weighted by molar-refractivity contribution is 0.412. The molecule has 42 heavy (non-hydrogen) atoms. The summed E-state index contributed by atoms with van der Waals surface area (Å²) in [4.78, 5) is 26.2. The fraction of sp³-hybridized carbons (Fsp3) is 0.462. The number of hydrogen-bond acceptors (Lipinski definition) is 14. The molecule has 0 unspecified atom stereocenters. The summed E-state index contributed by atoms with van der Waals surface area (Å²) < 4.78 is 13.6. The van der Waals surface area contributed by atoms with E-state index in [4.69, 9.17) is 20.9 Å². The van der Waals surface area contributed by atoms with Crippen LogP contribution in [0.2, 0.25) is 0 Å². The standard InChI is InChI=1S/2C13H19N7O/c1-18-12(14)16-13(17-18)20-7-5-19(6-8-20)11-4-3-10(21-2)9-15-11;1-18-13(16-12(14)17-18)20-7-5-19(6-8-20)11-4-3-10(21-2)9-15-11/h3-4,9H,5-8H2,1-2H3,(H2,14,16,17);3-4,9H,5-8H2,1-2H3,(H2,14,17). The Kier molecular flexibility index (Phi) is 8.59. The predicted molar refractivity (Wildman–Crippen MR) is 161 cm³/mol. The summed E-state index contributed by atoms with van der Waals surface area (Å²) in [6, 6.07) is 7.81. The molecule has 0 spiro atoms. The van der Waals surface area contributed by atoms with Crippen LogP contribution in [0.3, 0.4) is 0 Å². The normalized spacial score (nSPS) is 15.3. The van der Waals surface area contributed by atoms with Crippen molar-refractivity contribution in [2.75, 3.05) is 97.6 Å². The van der Waals surface area contributed by atoms with E-state index in [-0.39, 0.29) is 0 Å². The predicted octanol–water partition coefficient (Wildman–Crippen LogP) is 0.255. The van der Waals surface area contributed by atoms with Gasteiger partial charge in [0.1, 0.15) is 23.1 Å². The number of aromatic nitrogens is 8. The van der Waals surface area contributed by atoms with Gasteiger partial charge >= 0.3 is 0 Å². The van der Waals surface area contributed by atoms with Gasteiger partial charge in [-0.15, -0.1) is 10.2 Å². The number of nitrogens with two attached hydrogens (primary N) is 2. The first-order valence-electron chi connectivity index (χ1n) is 13.7. The molecule has 224 valence electrons. The van der Waals surface area contributed by atoms with E-state index in [9.17, 15) is 0 Å². The number of methoxy groups -OCH3 is 2. The van der Waals surface area contributed by atoms with Crippen LogP contribution in [0.15, 0.2) is 36.7 Å². The molecular formula is C26H38N14O2. The zero-order valence-corrected chi connectivity index (χ0v) is 24.5. The van der Waals surface area contributed by atoms with Crippen molar-refractivity contribution in [1.29, 1.82) is 0 Å². The summed E-state index contributed by atoms with van der Waals surface area (Å²) in [7, 11) is 6.93. The number of piperazine rings is 2. The molecule has 0 atom stereocenters. The number of rotatable bonds is 6. The third-order valence-electron chi connectivity index (χ3n) is 7.23. The summed E-state index contributed by atoms with van der Waals surface area (Å²) in [5, 5.41) is 8.39. The van der Waals surface area contributed by atoms with E-state index in [0.717, 1.165) is 81.4 Å². The summed E-state index contributed by atoms with van der Waals surface area (Å²) in [5.74, 6) is 5.72. The maximum Gasteiger partial charge on any atom is 0.246 e. The molecule has 0 bridgehead atoms. The lowest BCUT2D eigenvalue weighted by Crippen LogP contribution is -2.47. The Balaban J connectivity index is 0.000000168. The quantitative estimate of drug-likeness (QED) is 0.319. The van der Waals surface area contributed by atoms with Crippen molar-refractivity contribution in [3.05, 3.63) is 36.7 Å². The summed E-state index contributed by atoms with van der Waals surface area (Å²) in [6.45, 7) is 6.92. The highest BCUT2D eigenvalue weighted by Crippen LogP contribution is 2.21. The molecule has 4 N–H and O–H groups in total. The molecule has 2 aliphatic heterocycles. The van der Waals surface area contributed by atoms with Gasteiger partial charge < -0.3 is 40.5 Å². The van der Waals surface area contributed by atoms with Crippen LogP contribution in [0.1, 0.15) is 0 Å². The molecule has 6 rings (SSSR count). The molecule has 16 nitrogen and oxygen atoms in total. The Hall–Kier alpha value is -5.02. The van der Waals surface area contributed by atoms with Crippen molar-refractivity contribution in [1.82, 2.24) is 39.5 Å². The van der Waals surface area contributed by atoms with E-state index < -0.39 is 0 Å².